The van der Waals surface area contributed by atoms with Crippen molar-refractivity contribution in [3.05, 3.63) is 46.1 Å². The van der Waals surface area contributed by atoms with Crippen LogP contribution in [0.25, 0.3) is 0 Å². The quantitative estimate of drug-likeness (QED) is 0.789. The highest BCUT2D eigenvalue weighted by Crippen LogP contribution is 2.26. The van der Waals surface area contributed by atoms with Crippen molar-refractivity contribution < 1.29 is 27.2 Å². The highest BCUT2D eigenvalue weighted by Gasteiger charge is 2.35. The van der Waals surface area contributed by atoms with E-state index < -0.39 is 27.9 Å². The maximum atomic E-state index is 14.0. The number of aliphatic hydroxyl groups is 1. The van der Waals surface area contributed by atoms with Crippen LogP contribution < -0.4 is 0 Å². The van der Waals surface area contributed by atoms with Crippen LogP contribution in [-0.2, 0) is 14.8 Å². The van der Waals surface area contributed by atoms with E-state index in [1.807, 2.05) is 0 Å². The van der Waals surface area contributed by atoms with Gasteiger partial charge in [-0.2, -0.15) is 4.31 Å². The number of aryl methyl sites for hydroxylation is 2. The van der Waals surface area contributed by atoms with Crippen molar-refractivity contribution in [1.29, 1.82) is 0 Å². The molecule has 1 aliphatic heterocycles. The smallest absolute Gasteiger partial charge is 0.256 e. The fraction of sp³-hybridized carbons (Fsp3) is 0.412. The Labute approximate surface area is 166 Å². The first-order valence-corrected chi connectivity index (χ1v) is 10.3. The molecule has 11 heteroatoms. The first-order valence-electron chi connectivity index (χ1n) is 8.47. The van der Waals surface area contributed by atoms with E-state index in [0.717, 1.165) is 6.07 Å². The van der Waals surface area contributed by atoms with E-state index in [-0.39, 0.29) is 53.1 Å². The number of nitrogens with zero attached hydrogens (tertiary/aromatic N) is 3. The summed E-state index contributed by atoms with van der Waals surface area (Å²) >= 11 is 5.68. The number of aliphatic hydroxyl groups excluding tert-OH is 1. The van der Waals surface area contributed by atoms with Crippen LogP contribution in [0, 0.1) is 19.7 Å². The van der Waals surface area contributed by atoms with Crippen LogP contribution in [-0.4, -0.2) is 60.0 Å². The van der Waals surface area contributed by atoms with Gasteiger partial charge in [0.25, 0.3) is 5.91 Å². The lowest BCUT2D eigenvalue weighted by atomic mass is 10.1. The summed E-state index contributed by atoms with van der Waals surface area (Å²) < 4.78 is 45.7. The van der Waals surface area contributed by atoms with Crippen LogP contribution >= 0.6 is 11.6 Å². The number of carbonyl (C=O) groups is 1. The molecule has 152 valence electrons. The summed E-state index contributed by atoms with van der Waals surface area (Å²) in [5, 5.41) is 14.1. The Bertz CT molecular complexity index is 983. The Balaban J connectivity index is 1.70. The third-order valence-electron chi connectivity index (χ3n) is 4.61. The van der Waals surface area contributed by atoms with Crippen LogP contribution in [0.15, 0.2) is 27.6 Å². The fourth-order valence-corrected chi connectivity index (χ4v) is 5.02. The SMILES string of the molecule is Cc1noc(C)c1S(=O)(=O)N1CCN(C(=O)C(O)c2ccc(Cl)cc2F)CC1. The summed E-state index contributed by atoms with van der Waals surface area (Å²) in [6, 6.07) is 3.64. The van der Waals surface area contributed by atoms with E-state index in [2.05, 4.69) is 5.16 Å². The number of carbonyl (C=O) groups excluding carboxylic acids is 1. The second-order valence-electron chi connectivity index (χ2n) is 6.45. The zero-order valence-corrected chi connectivity index (χ0v) is 16.8. The monoisotopic (exact) mass is 431 g/mol. The number of benzene rings is 1. The molecule has 1 N–H and O–H groups in total. The molecule has 3 rings (SSSR count). The molecule has 0 radical (unpaired) electrons. The van der Waals surface area contributed by atoms with Gasteiger partial charge in [-0.1, -0.05) is 22.8 Å². The second-order valence-corrected chi connectivity index (χ2v) is 8.76. The Morgan fingerprint density at radius 1 is 1.29 bits per heavy atom. The summed E-state index contributed by atoms with van der Waals surface area (Å²) in [6.07, 6.45) is -1.69. The molecule has 0 bridgehead atoms. The normalized spacial score (nSPS) is 17.0. The first kappa shape index (κ1) is 20.7. The third-order valence-corrected chi connectivity index (χ3v) is 6.99. The number of hydrogen-bond acceptors (Lipinski definition) is 6. The number of piperazine rings is 1. The van der Waals surface area contributed by atoms with Gasteiger partial charge in [0, 0.05) is 36.8 Å². The van der Waals surface area contributed by atoms with E-state index in [1.54, 1.807) is 6.92 Å². The Morgan fingerprint density at radius 3 is 2.46 bits per heavy atom. The van der Waals surface area contributed by atoms with Crippen LogP contribution in [0.2, 0.25) is 5.02 Å². The molecular formula is C17H19ClFN3O5S. The lowest BCUT2D eigenvalue weighted by Gasteiger charge is -2.34. The minimum absolute atomic E-state index is 0.0237. The van der Waals surface area contributed by atoms with E-state index in [0.29, 0.717) is 0 Å². The maximum Gasteiger partial charge on any atom is 0.256 e. The molecule has 2 heterocycles. The summed E-state index contributed by atoms with van der Waals surface area (Å²) in [6.45, 7) is 3.26. The largest absolute Gasteiger partial charge is 0.378 e. The maximum absolute atomic E-state index is 14.0. The van der Waals surface area contributed by atoms with Crippen molar-refractivity contribution >= 4 is 27.5 Å². The molecule has 1 amide bonds. The van der Waals surface area contributed by atoms with Gasteiger partial charge in [-0.15, -0.1) is 0 Å². The fourth-order valence-electron chi connectivity index (χ4n) is 3.15. The molecule has 8 nitrogen and oxygen atoms in total. The number of hydrogen-bond donors (Lipinski definition) is 1. The van der Waals surface area contributed by atoms with Crippen molar-refractivity contribution in [2.75, 3.05) is 26.2 Å². The van der Waals surface area contributed by atoms with Gasteiger partial charge in [-0.05, 0) is 26.0 Å². The standard InChI is InChI=1S/C17H19ClFN3O5S/c1-10-16(11(2)27-20-10)28(25,26)22-7-5-21(6-8-22)17(24)15(23)13-4-3-12(18)9-14(13)19/h3-4,9,15,23H,5-8H2,1-2H3. The molecule has 1 unspecified atom stereocenters. The van der Waals surface area contributed by atoms with E-state index in [9.17, 15) is 22.7 Å². The zero-order chi connectivity index (χ0) is 20.6. The Hall–Kier alpha value is -2.01. The van der Waals surface area contributed by atoms with Gasteiger partial charge in [0.05, 0.1) is 0 Å². The predicted molar refractivity (Wildman–Crippen MR) is 97.7 cm³/mol. The Morgan fingerprint density at radius 2 is 1.93 bits per heavy atom. The van der Waals surface area contributed by atoms with E-state index in [1.165, 1.54) is 28.3 Å². The van der Waals surface area contributed by atoms with Crippen molar-refractivity contribution in [1.82, 2.24) is 14.4 Å². The average Bonchev–Trinajstić information content (AvgIpc) is 2.99. The summed E-state index contributed by atoms with van der Waals surface area (Å²) in [5.74, 6) is -1.28. The molecule has 28 heavy (non-hydrogen) atoms. The van der Waals surface area contributed by atoms with Crippen molar-refractivity contribution in [3.8, 4) is 0 Å². The lowest BCUT2D eigenvalue weighted by Crippen LogP contribution is -2.51. The lowest BCUT2D eigenvalue weighted by molar-refractivity contribution is -0.141. The van der Waals surface area contributed by atoms with Crippen molar-refractivity contribution in [2.24, 2.45) is 0 Å². The van der Waals surface area contributed by atoms with Gasteiger partial charge in [0.15, 0.2) is 11.9 Å². The molecular weight excluding hydrogens is 413 g/mol. The number of aromatic nitrogens is 1. The van der Waals surface area contributed by atoms with Crippen molar-refractivity contribution in [3.63, 3.8) is 0 Å². The van der Waals surface area contributed by atoms with Crippen LogP contribution in [0.5, 0.6) is 0 Å². The van der Waals surface area contributed by atoms with E-state index >= 15 is 0 Å². The molecule has 0 aliphatic carbocycles. The molecule has 1 atom stereocenters. The molecule has 2 aromatic rings. The molecule has 0 spiro atoms. The van der Waals surface area contributed by atoms with E-state index in [4.69, 9.17) is 16.1 Å². The predicted octanol–water partition coefficient (Wildman–Crippen LogP) is 1.65. The van der Waals surface area contributed by atoms with Gasteiger partial charge in [-0.3, -0.25) is 4.79 Å². The number of rotatable bonds is 4. The first-order chi connectivity index (χ1) is 13.1. The van der Waals surface area contributed by atoms with Gasteiger partial charge >= 0.3 is 0 Å². The summed E-state index contributed by atoms with van der Waals surface area (Å²) in [7, 11) is -3.81. The van der Waals surface area contributed by atoms with Gasteiger partial charge in [0.1, 0.15) is 16.4 Å². The number of sulfonamides is 1. The van der Waals surface area contributed by atoms with Gasteiger partial charge in [-0.25, -0.2) is 12.8 Å². The Kier molecular flexibility index (Phi) is 5.76. The summed E-state index contributed by atoms with van der Waals surface area (Å²) in [5.41, 5.74) is 0.0878. The van der Waals surface area contributed by atoms with Gasteiger partial charge < -0.3 is 14.5 Å². The number of amides is 1. The van der Waals surface area contributed by atoms with Crippen LogP contribution in [0.3, 0.4) is 0 Å². The van der Waals surface area contributed by atoms with Crippen LogP contribution in [0.4, 0.5) is 4.39 Å². The third kappa shape index (κ3) is 3.77. The zero-order valence-electron chi connectivity index (χ0n) is 15.2. The molecule has 1 fully saturated rings. The molecule has 1 aromatic carbocycles. The molecule has 1 aromatic heterocycles. The second kappa shape index (κ2) is 7.78. The minimum atomic E-state index is -3.81. The van der Waals surface area contributed by atoms with Crippen molar-refractivity contribution in [2.45, 2.75) is 24.8 Å². The summed E-state index contributed by atoms with van der Waals surface area (Å²) in [4.78, 5) is 13.8. The molecule has 1 aliphatic rings. The number of halogens is 2. The van der Waals surface area contributed by atoms with Gasteiger partial charge in [0.2, 0.25) is 10.0 Å². The highest BCUT2D eigenvalue weighted by molar-refractivity contribution is 7.89. The average molecular weight is 432 g/mol. The molecule has 0 saturated carbocycles. The van der Waals surface area contributed by atoms with Crippen LogP contribution in [0.1, 0.15) is 23.1 Å². The highest BCUT2D eigenvalue weighted by atomic mass is 35.5. The topological polar surface area (TPSA) is 104 Å². The minimum Gasteiger partial charge on any atom is -0.378 e. The molecule has 1 saturated heterocycles.